The highest BCUT2D eigenvalue weighted by Gasteiger charge is 2.59. The molecule has 1 aliphatic carbocycles. The summed E-state index contributed by atoms with van der Waals surface area (Å²) in [4.78, 5) is 35.6. The van der Waals surface area contributed by atoms with Crippen molar-refractivity contribution < 1.29 is 28.6 Å². The van der Waals surface area contributed by atoms with Crippen molar-refractivity contribution in [3.05, 3.63) is 35.9 Å². The number of alkyl carbamates (subject to hydrolysis) is 1. The average Bonchev–Trinajstić information content (AvgIpc) is 3.28. The van der Waals surface area contributed by atoms with Gasteiger partial charge in [0.25, 0.3) is 0 Å². The summed E-state index contributed by atoms with van der Waals surface area (Å²) in [7, 11) is 2.52. The van der Waals surface area contributed by atoms with Gasteiger partial charge >= 0.3 is 18.0 Å². The second-order valence-corrected chi connectivity index (χ2v) is 5.69. The molecule has 130 valence electrons. The number of hydrogen-bond donors (Lipinski definition) is 1. The largest absolute Gasteiger partial charge is 0.469 e. The molecule has 0 spiro atoms. The Hall–Kier alpha value is -2.57. The molecule has 7 heteroatoms. The minimum atomic E-state index is -0.947. The fourth-order valence-corrected chi connectivity index (χ4v) is 2.84. The maximum atomic E-state index is 12.0. The summed E-state index contributed by atoms with van der Waals surface area (Å²) in [5.41, 5.74) is 0.828. The first-order valence-corrected chi connectivity index (χ1v) is 7.62. The maximum Gasteiger partial charge on any atom is 0.408 e. The summed E-state index contributed by atoms with van der Waals surface area (Å²) in [5.74, 6) is -1.91. The van der Waals surface area contributed by atoms with Crippen LogP contribution >= 0.6 is 0 Å². The number of methoxy groups -OCH3 is 2. The van der Waals surface area contributed by atoms with Crippen LogP contribution in [0.2, 0.25) is 0 Å². The predicted molar refractivity (Wildman–Crippen MR) is 83.7 cm³/mol. The van der Waals surface area contributed by atoms with Gasteiger partial charge in [-0.05, 0) is 11.5 Å². The van der Waals surface area contributed by atoms with Crippen molar-refractivity contribution in [3.63, 3.8) is 0 Å². The Labute approximate surface area is 140 Å². The first kappa shape index (κ1) is 17.8. The Morgan fingerprint density at radius 1 is 1.12 bits per heavy atom. The van der Waals surface area contributed by atoms with Crippen LogP contribution in [0.5, 0.6) is 0 Å². The van der Waals surface area contributed by atoms with E-state index in [4.69, 9.17) is 14.2 Å². The molecule has 0 heterocycles. The lowest BCUT2D eigenvalue weighted by Crippen LogP contribution is -2.44. The number of carbonyl (C=O) groups is 3. The molecule has 1 N–H and O–H groups in total. The van der Waals surface area contributed by atoms with Crippen molar-refractivity contribution >= 4 is 18.0 Å². The summed E-state index contributed by atoms with van der Waals surface area (Å²) in [6.07, 6.45) is -0.739. The van der Waals surface area contributed by atoms with Gasteiger partial charge in [-0.2, -0.15) is 0 Å². The zero-order valence-electron chi connectivity index (χ0n) is 13.9. The molecule has 1 aromatic rings. The monoisotopic (exact) mass is 335 g/mol. The molecule has 0 aromatic heterocycles. The smallest absolute Gasteiger partial charge is 0.408 e. The van der Waals surface area contributed by atoms with E-state index in [0.29, 0.717) is 0 Å². The highest BCUT2D eigenvalue weighted by molar-refractivity contribution is 5.85. The number of hydrogen-bond acceptors (Lipinski definition) is 6. The lowest BCUT2D eigenvalue weighted by molar-refractivity contribution is -0.145. The van der Waals surface area contributed by atoms with Crippen molar-refractivity contribution in [2.24, 2.45) is 17.8 Å². The van der Waals surface area contributed by atoms with E-state index in [1.807, 2.05) is 37.3 Å². The maximum absolute atomic E-state index is 12.0. The van der Waals surface area contributed by atoms with Crippen molar-refractivity contribution in [2.45, 2.75) is 19.6 Å². The number of rotatable bonds is 6. The van der Waals surface area contributed by atoms with Crippen LogP contribution in [0.25, 0.3) is 0 Å². The molecule has 7 nitrogen and oxygen atoms in total. The highest BCUT2D eigenvalue weighted by atomic mass is 16.6. The quantitative estimate of drug-likeness (QED) is 0.626. The van der Waals surface area contributed by atoms with Crippen LogP contribution < -0.4 is 5.32 Å². The molecule has 1 amide bonds. The van der Waals surface area contributed by atoms with E-state index in [-0.39, 0.29) is 18.4 Å². The summed E-state index contributed by atoms with van der Waals surface area (Å²) < 4.78 is 14.6. The molecule has 1 aromatic carbocycles. The standard InChI is InChI=1S/C17H21NO6/c1-10-12(13(10)15(19)22-2)14(16(20)23-3)18-17(21)24-9-11-7-5-4-6-8-11/h4-8,10,12-14H,9H2,1-3H3,(H,18,21)/t10-,12+,13+,14-/m1/s1. The van der Waals surface area contributed by atoms with Gasteiger partial charge in [-0.1, -0.05) is 37.3 Å². The van der Waals surface area contributed by atoms with E-state index in [1.54, 1.807) is 0 Å². The molecule has 1 aliphatic rings. The summed E-state index contributed by atoms with van der Waals surface area (Å²) in [5, 5.41) is 2.50. The number of ether oxygens (including phenoxy) is 3. The zero-order valence-corrected chi connectivity index (χ0v) is 13.9. The van der Waals surface area contributed by atoms with Gasteiger partial charge in [0.15, 0.2) is 0 Å². The van der Waals surface area contributed by atoms with Crippen LogP contribution in [0.3, 0.4) is 0 Å². The van der Waals surface area contributed by atoms with E-state index >= 15 is 0 Å². The van der Waals surface area contributed by atoms with Crippen molar-refractivity contribution in [3.8, 4) is 0 Å². The third kappa shape index (κ3) is 4.04. The average molecular weight is 335 g/mol. The third-order valence-electron chi connectivity index (χ3n) is 4.25. The van der Waals surface area contributed by atoms with Crippen LogP contribution in [0.15, 0.2) is 30.3 Å². The van der Waals surface area contributed by atoms with E-state index in [2.05, 4.69) is 5.32 Å². The van der Waals surface area contributed by atoms with Crippen LogP contribution in [-0.4, -0.2) is 38.3 Å². The van der Waals surface area contributed by atoms with Crippen LogP contribution in [0.1, 0.15) is 12.5 Å². The Morgan fingerprint density at radius 3 is 2.38 bits per heavy atom. The molecular weight excluding hydrogens is 314 g/mol. The van der Waals surface area contributed by atoms with Gasteiger partial charge in [0.05, 0.1) is 20.1 Å². The SMILES string of the molecule is COC(=O)[C@H]1[C@H](C)[C@@H]1[C@@H](NC(=O)OCc1ccccc1)C(=O)OC. The fourth-order valence-electron chi connectivity index (χ4n) is 2.84. The van der Waals surface area contributed by atoms with Crippen LogP contribution in [-0.2, 0) is 30.4 Å². The second kappa shape index (κ2) is 7.81. The molecule has 0 bridgehead atoms. The van der Waals surface area contributed by atoms with Crippen LogP contribution in [0, 0.1) is 17.8 Å². The Balaban J connectivity index is 1.95. The molecule has 0 unspecified atom stereocenters. The van der Waals surface area contributed by atoms with Crippen molar-refractivity contribution in [2.75, 3.05) is 14.2 Å². The molecule has 2 rings (SSSR count). The lowest BCUT2D eigenvalue weighted by Gasteiger charge is -2.16. The Morgan fingerprint density at radius 2 is 1.79 bits per heavy atom. The van der Waals surface area contributed by atoms with Gasteiger partial charge in [0, 0.05) is 5.92 Å². The molecule has 0 radical (unpaired) electrons. The zero-order chi connectivity index (χ0) is 17.7. The lowest BCUT2D eigenvalue weighted by atomic mass is 10.1. The molecular formula is C17H21NO6. The normalized spacial score (nSPS) is 22.9. The number of carbonyl (C=O) groups excluding carboxylic acids is 3. The van der Waals surface area contributed by atoms with Gasteiger partial charge in [-0.3, -0.25) is 4.79 Å². The number of amides is 1. The highest BCUT2D eigenvalue weighted by Crippen LogP contribution is 2.49. The van der Waals surface area contributed by atoms with Crippen molar-refractivity contribution in [1.29, 1.82) is 0 Å². The minimum absolute atomic E-state index is 0.0845. The van der Waals surface area contributed by atoms with Crippen molar-refractivity contribution in [1.82, 2.24) is 5.32 Å². The molecule has 0 saturated heterocycles. The molecule has 0 aliphatic heterocycles. The fraction of sp³-hybridized carbons (Fsp3) is 0.471. The summed E-state index contributed by atoms with van der Waals surface area (Å²) in [6.45, 7) is 1.90. The number of benzene rings is 1. The third-order valence-corrected chi connectivity index (χ3v) is 4.25. The summed E-state index contributed by atoms with van der Waals surface area (Å²) >= 11 is 0. The van der Waals surface area contributed by atoms with E-state index in [0.717, 1.165) is 5.56 Å². The molecule has 24 heavy (non-hydrogen) atoms. The van der Waals surface area contributed by atoms with Gasteiger partial charge in [0.2, 0.25) is 0 Å². The predicted octanol–water partition coefficient (Wildman–Crippen LogP) is 1.51. The minimum Gasteiger partial charge on any atom is -0.469 e. The number of nitrogens with one attached hydrogen (secondary N) is 1. The Bertz CT molecular complexity index is 602. The first-order chi connectivity index (χ1) is 11.5. The van der Waals surface area contributed by atoms with E-state index in [1.165, 1.54) is 14.2 Å². The Kier molecular flexibility index (Phi) is 5.78. The van der Waals surface area contributed by atoms with E-state index < -0.39 is 30.0 Å². The van der Waals surface area contributed by atoms with Gasteiger partial charge in [-0.25, -0.2) is 9.59 Å². The van der Waals surface area contributed by atoms with Gasteiger partial charge in [-0.15, -0.1) is 0 Å². The first-order valence-electron chi connectivity index (χ1n) is 7.62. The second-order valence-electron chi connectivity index (χ2n) is 5.69. The van der Waals surface area contributed by atoms with Gasteiger partial charge < -0.3 is 19.5 Å². The topological polar surface area (TPSA) is 90.9 Å². The van der Waals surface area contributed by atoms with Gasteiger partial charge in [0.1, 0.15) is 12.6 Å². The molecule has 1 saturated carbocycles. The number of esters is 2. The van der Waals surface area contributed by atoms with E-state index in [9.17, 15) is 14.4 Å². The van der Waals surface area contributed by atoms with Crippen LogP contribution in [0.4, 0.5) is 4.79 Å². The summed E-state index contributed by atoms with van der Waals surface area (Å²) in [6, 6.07) is 8.22. The molecule has 1 fully saturated rings. The molecule has 4 atom stereocenters.